The first-order valence-corrected chi connectivity index (χ1v) is 7.33. The molecular formula is C10H12F2O6S. The van der Waals surface area contributed by atoms with Crippen molar-refractivity contribution in [1.29, 1.82) is 0 Å². The topological polar surface area (TPSA) is 89.9 Å². The zero-order valence-electron chi connectivity index (χ0n) is 9.66. The molecule has 9 heteroatoms. The first-order chi connectivity index (χ1) is 8.72. The van der Waals surface area contributed by atoms with Crippen LogP contribution in [0.4, 0.5) is 8.78 Å². The van der Waals surface area contributed by atoms with Crippen molar-refractivity contribution < 1.29 is 36.0 Å². The fourth-order valence-corrected chi connectivity index (χ4v) is 3.75. The van der Waals surface area contributed by atoms with Crippen LogP contribution in [0.15, 0.2) is 0 Å². The molecule has 3 fully saturated rings. The molecule has 2 aliphatic carbocycles. The molecule has 0 amide bonds. The van der Waals surface area contributed by atoms with Crippen LogP contribution in [-0.4, -0.2) is 43.0 Å². The van der Waals surface area contributed by atoms with Gasteiger partial charge in [0.15, 0.2) is 0 Å². The van der Waals surface area contributed by atoms with E-state index in [2.05, 4.69) is 4.74 Å². The molecule has 6 nitrogen and oxygen atoms in total. The van der Waals surface area contributed by atoms with Crippen LogP contribution < -0.4 is 0 Å². The Morgan fingerprint density at radius 1 is 1.32 bits per heavy atom. The molecule has 5 unspecified atom stereocenters. The molecule has 19 heavy (non-hydrogen) atoms. The van der Waals surface area contributed by atoms with E-state index in [-0.39, 0.29) is 11.8 Å². The van der Waals surface area contributed by atoms with Gasteiger partial charge in [0.1, 0.15) is 6.10 Å². The molecule has 108 valence electrons. The fourth-order valence-electron chi connectivity index (χ4n) is 3.49. The molecule has 3 rings (SSSR count). The van der Waals surface area contributed by atoms with Crippen LogP contribution in [0.1, 0.15) is 12.8 Å². The van der Waals surface area contributed by atoms with E-state index in [4.69, 9.17) is 9.29 Å². The highest BCUT2D eigenvalue weighted by Gasteiger charge is 2.61. The van der Waals surface area contributed by atoms with Gasteiger partial charge in [-0.05, 0) is 30.6 Å². The SMILES string of the molecule is O=C(OC1C2CC3COC1C3C2)C(F)(F)S(=O)(=O)O. The van der Waals surface area contributed by atoms with E-state index in [1.165, 1.54) is 0 Å². The number of alkyl halides is 2. The van der Waals surface area contributed by atoms with E-state index < -0.39 is 33.5 Å². The molecule has 1 saturated heterocycles. The van der Waals surface area contributed by atoms with Gasteiger partial charge in [0.2, 0.25) is 0 Å². The van der Waals surface area contributed by atoms with Crippen LogP contribution in [0.25, 0.3) is 0 Å². The van der Waals surface area contributed by atoms with Gasteiger partial charge in [-0.1, -0.05) is 0 Å². The third kappa shape index (κ3) is 1.78. The van der Waals surface area contributed by atoms with Gasteiger partial charge in [-0.2, -0.15) is 17.2 Å². The van der Waals surface area contributed by atoms with Crippen molar-refractivity contribution in [2.45, 2.75) is 30.3 Å². The zero-order chi connectivity index (χ0) is 14.0. The van der Waals surface area contributed by atoms with Gasteiger partial charge in [-0.25, -0.2) is 4.79 Å². The highest BCUT2D eigenvalue weighted by Crippen LogP contribution is 2.55. The zero-order valence-corrected chi connectivity index (χ0v) is 10.5. The third-order valence-corrected chi connectivity index (χ3v) is 5.12. The van der Waals surface area contributed by atoms with Crippen molar-refractivity contribution in [3.8, 4) is 0 Å². The van der Waals surface area contributed by atoms with Crippen LogP contribution in [0.3, 0.4) is 0 Å². The first kappa shape index (κ1) is 13.2. The van der Waals surface area contributed by atoms with Crippen LogP contribution in [-0.2, 0) is 24.4 Å². The Labute approximate surface area is 107 Å². The molecule has 3 aliphatic rings. The molecule has 0 aromatic carbocycles. The summed E-state index contributed by atoms with van der Waals surface area (Å²) in [7, 11) is -5.82. The van der Waals surface area contributed by atoms with Gasteiger partial charge in [-0.15, -0.1) is 0 Å². The molecule has 1 N–H and O–H groups in total. The maximum absolute atomic E-state index is 13.1. The van der Waals surface area contributed by atoms with Crippen molar-refractivity contribution >= 4 is 16.1 Å². The summed E-state index contributed by atoms with van der Waals surface area (Å²) in [6.07, 6.45) is 0.204. The van der Waals surface area contributed by atoms with Crippen LogP contribution in [0.2, 0.25) is 0 Å². The number of carbonyl (C=O) groups is 1. The Hall–Kier alpha value is -0.800. The number of carbonyl (C=O) groups excluding carboxylic acids is 1. The largest absolute Gasteiger partial charge is 0.465 e. The molecule has 0 radical (unpaired) electrons. The summed E-state index contributed by atoms with van der Waals surface area (Å²) in [5, 5.41) is -4.94. The lowest BCUT2D eigenvalue weighted by Crippen LogP contribution is -2.44. The lowest BCUT2D eigenvalue weighted by atomic mass is 9.88. The molecule has 2 bridgehead atoms. The van der Waals surface area contributed by atoms with Crippen molar-refractivity contribution in [2.75, 3.05) is 6.61 Å². The Morgan fingerprint density at radius 2 is 2.00 bits per heavy atom. The number of fused-ring (bicyclic) bond motifs is 1. The maximum Gasteiger partial charge on any atom is 0.465 e. The van der Waals surface area contributed by atoms with Gasteiger partial charge < -0.3 is 9.47 Å². The number of ether oxygens (including phenoxy) is 2. The minimum absolute atomic E-state index is 0.0661. The molecule has 1 aliphatic heterocycles. The first-order valence-electron chi connectivity index (χ1n) is 5.89. The van der Waals surface area contributed by atoms with Gasteiger partial charge in [0.25, 0.3) is 0 Å². The number of halogens is 2. The Kier molecular flexibility index (Phi) is 2.68. The molecular weight excluding hydrogens is 286 g/mol. The van der Waals surface area contributed by atoms with Crippen LogP contribution in [0, 0.1) is 17.8 Å². The lowest BCUT2D eigenvalue weighted by molar-refractivity contribution is -0.175. The van der Waals surface area contributed by atoms with Gasteiger partial charge in [-0.3, -0.25) is 4.55 Å². The summed E-state index contributed by atoms with van der Waals surface area (Å²) < 4.78 is 65.5. The normalized spacial score (nSPS) is 40.7. The average molecular weight is 298 g/mol. The van der Waals surface area contributed by atoms with Crippen molar-refractivity contribution in [2.24, 2.45) is 17.8 Å². The number of hydrogen-bond acceptors (Lipinski definition) is 5. The molecule has 1 heterocycles. The van der Waals surface area contributed by atoms with E-state index >= 15 is 0 Å². The number of hydrogen-bond donors (Lipinski definition) is 1. The number of rotatable bonds is 3. The van der Waals surface area contributed by atoms with Gasteiger partial charge in [0, 0.05) is 0 Å². The summed E-state index contributed by atoms with van der Waals surface area (Å²) in [4.78, 5) is 11.3. The van der Waals surface area contributed by atoms with Crippen molar-refractivity contribution in [1.82, 2.24) is 0 Å². The summed E-state index contributed by atoms with van der Waals surface area (Å²) in [6, 6.07) is 0. The van der Waals surface area contributed by atoms with Crippen molar-refractivity contribution in [3.05, 3.63) is 0 Å². The maximum atomic E-state index is 13.1. The van der Waals surface area contributed by atoms with Crippen molar-refractivity contribution in [3.63, 3.8) is 0 Å². The van der Waals surface area contributed by atoms with Gasteiger partial charge >= 0.3 is 21.3 Å². The summed E-state index contributed by atoms with van der Waals surface area (Å²) >= 11 is 0. The second-order valence-corrected chi connectivity index (χ2v) is 6.78. The highest BCUT2D eigenvalue weighted by atomic mass is 32.2. The predicted molar refractivity (Wildman–Crippen MR) is 55.8 cm³/mol. The lowest BCUT2D eigenvalue weighted by Gasteiger charge is -2.27. The second kappa shape index (κ2) is 3.86. The third-order valence-electron chi connectivity index (χ3n) is 4.30. The standard InChI is InChI=1S/C10H12F2O6S/c11-10(12,19(14,15)16)9(13)18-7-4-1-5-3-17-8(7)6(5)2-4/h4-8H,1-3H2,(H,14,15,16). The Bertz CT molecular complexity index is 516. The van der Waals surface area contributed by atoms with Gasteiger partial charge in [0.05, 0.1) is 12.7 Å². The highest BCUT2D eigenvalue weighted by molar-refractivity contribution is 7.87. The van der Waals surface area contributed by atoms with Crippen LogP contribution >= 0.6 is 0 Å². The van der Waals surface area contributed by atoms with E-state index in [1.54, 1.807) is 0 Å². The average Bonchev–Trinajstić information content (AvgIpc) is 2.87. The summed E-state index contributed by atoms with van der Waals surface area (Å²) in [5.41, 5.74) is 0. The van der Waals surface area contributed by atoms with Crippen LogP contribution in [0.5, 0.6) is 0 Å². The Balaban J connectivity index is 1.75. The van der Waals surface area contributed by atoms with E-state index in [0.717, 1.165) is 12.8 Å². The van der Waals surface area contributed by atoms with E-state index in [1.807, 2.05) is 0 Å². The number of esters is 1. The second-order valence-electron chi connectivity index (χ2n) is 5.32. The monoisotopic (exact) mass is 298 g/mol. The summed E-state index contributed by atoms with van der Waals surface area (Å²) in [6.45, 7) is 0.522. The minimum atomic E-state index is -5.82. The predicted octanol–water partition coefficient (Wildman–Crippen LogP) is 0.434. The quantitative estimate of drug-likeness (QED) is 0.600. The Morgan fingerprint density at radius 3 is 2.63 bits per heavy atom. The minimum Gasteiger partial charge on any atom is -0.454 e. The molecule has 0 aromatic heterocycles. The molecule has 0 spiro atoms. The smallest absolute Gasteiger partial charge is 0.454 e. The molecule has 2 saturated carbocycles. The molecule has 0 aromatic rings. The van der Waals surface area contributed by atoms with E-state index in [9.17, 15) is 22.0 Å². The summed E-state index contributed by atoms with van der Waals surface area (Å²) in [5.74, 6) is -1.72. The fraction of sp³-hybridized carbons (Fsp3) is 0.900. The van der Waals surface area contributed by atoms with E-state index in [0.29, 0.717) is 12.5 Å². The molecule has 5 atom stereocenters.